The quantitative estimate of drug-likeness (QED) is 0.743. The van der Waals surface area contributed by atoms with E-state index in [1.807, 2.05) is 0 Å². The van der Waals surface area contributed by atoms with Gasteiger partial charge in [0.05, 0.1) is 28.6 Å². The first-order valence-corrected chi connectivity index (χ1v) is 10.5. The SMILES string of the molecule is CCOC(=O)c1ccc(S(=O)(=O)NC[C@H]2CCS(=O)(=O)C2)cc1. The molecular weight excluding hydrogens is 342 g/mol. The first-order valence-electron chi connectivity index (χ1n) is 7.21. The molecule has 1 aromatic rings. The van der Waals surface area contributed by atoms with Gasteiger partial charge in [-0.1, -0.05) is 0 Å². The number of rotatable bonds is 6. The molecule has 128 valence electrons. The van der Waals surface area contributed by atoms with Crippen LogP contribution in [0.5, 0.6) is 0 Å². The fraction of sp³-hybridized carbons (Fsp3) is 0.500. The average Bonchev–Trinajstić information content (AvgIpc) is 2.85. The second kappa shape index (κ2) is 6.98. The van der Waals surface area contributed by atoms with Gasteiger partial charge in [0.15, 0.2) is 9.84 Å². The maximum Gasteiger partial charge on any atom is 0.338 e. The summed E-state index contributed by atoms with van der Waals surface area (Å²) in [6.07, 6.45) is 0.465. The van der Waals surface area contributed by atoms with Crippen LogP contribution in [-0.4, -0.2) is 47.5 Å². The van der Waals surface area contributed by atoms with Gasteiger partial charge in [0.2, 0.25) is 10.0 Å². The van der Waals surface area contributed by atoms with Crippen LogP contribution in [0.15, 0.2) is 29.2 Å². The van der Waals surface area contributed by atoms with Crippen LogP contribution in [0.4, 0.5) is 0 Å². The molecule has 1 N–H and O–H groups in total. The van der Waals surface area contributed by atoms with Crippen molar-refractivity contribution in [3.8, 4) is 0 Å². The minimum atomic E-state index is -3.74. The predicted molar refractivity (Wildman–Crippen MR) is 84.3 cm³/mol. The Morgan fingerprint density at radius 2 is 1.96 bits per heavy atom. The van der Waals surface area contributed by atoms with E-state index in [4.69, 9.17) is 4.74 Å². The summed E-state index contributed by atoms with van der Waals surface area (Å²) in [5.41, 5.74) is 0.271. The van der Waals surface area contributed by atoms with Crippen molar-refractivity contribution in [3.05, 3.63) is 29.8 Å². The van der Waals surface area contributed by atoms with E-state index in [2.05, 4.69) is 4.72 Å². The molecule has 1 aliphatic rings. The lowest BCUT2D eigenvalue weighted by Gasteiger charge is -2.10. The van der Waals surface area contributed by atoms with Gasteiger partial charge in [0, 0.05) is 6.54 Å². The second-order valence-electron chi connectivity index (χ2n) is 5.37. The third kappa shape index (κ3) is 4.76. The number of sulfonamides is 1. The molecule has 23 heavy (non-hydrogen) atoms. The van der Waals surface area contributed by atoms with Crippen molar-refractivity contribution < 1.29 is 26.4 Å². The van der Waals surface area contributed by atoms with Crippen molar-refractivity contribution in [3.63, 3.8) is 0 Å². The first-order chi connectivity index (χ1) is 10.7. The monoisotopic (exact) mass is 361 g/mol. The minimum absolute atomic E-state index is 0.0112. The van der Waals surface area contributed by atoms with Gasteiger partial charge in [0.1, 0.15) is 0 Å². The number of benzene rings is 1. The van der Waals surface area contributed by atoms with Crippen molar-refractivity contribution in [1.82, 2.24) is 4.72 Å². The van der Waals surface area contributed by atoms with Crippen LogP contribution in [0, 0.1) is 5.92 Å². The number of carbonyl (C=O) groups is 1. The molecule has 1 saturated heterocycles. The van der Waals surface area contributed by atoms with E-state index in [0.717, 1.165) is 0 Å². The number of esters is 1. The molecule has 9 heteroatoms. The lowest BCUT2D eigenvalue weighted by molar-refractivity contribution is 0.0526. The number of carbonyl (C=O) groups excluding carboxylic acids is 1. The summed E-state index contributed by atoms with van der Waals surface area (Å²) in [6, 6.07) is 5.40. The van der Waals surface area contributed by atoms with Crippen molar-refractivity contribution >= 4 is 25.8 Å². The lowest BCUT2D eigenvalue weighted by atomic mass is 10.1. The van der Waals surface area contributed by atoms with Crippen molar-refractivity contribution in [2.24, 2.45) is 5.92 Å². The minimum Gasteiger partial charge on any atom is -0.462 e. The highest BCUT2D eigenvalue weighted by molar-refractivity contribution is 7.91. The molecule has 0 bridgehead atoms. The number of sulfone groups is 1. The molecule has 7 nitrogen and oxygen atoms in total. The fourth-order valence-corrected chi connectivity index (χ4v) is 5.31. The highest BCUT2D eigenvalue weighted by atomic mass is 32.2. The zero-order valence-corrected chi connectivity index (χ0v) is 14.3. The summed E-state index contributed by atoms with van der Waals surface area (Å²) >= 11 is 0. The number of nitrogens with one attached hydrogen (secondary N) is 1. The van der Waals surface area contributed by atoms with Crippen LogP contribution >= 0.6 is 0 Å². The Morgan fingerprint density at radius 1 is 1.30 bits per heavy atom. The molecule has 0 aromatic heterocycles. The zero-order chi connectivity index (χ0) is 17.1. The van der Waals surface area contributed by atoms with E-state index in [1.165, 1.54) is 24.3 Å². The maximum absolute atomic E-state index is 12.2. The Morgan fingerprint density at radius 3 is 2.48 bits per heavy atom. The average molecular weight is 361 g/mol. The number of hydrogen-bond acceptors (Lipinski definition) is 6. The summed E-state index contributed by atoms with van der Waals surface area (Å²) in [5.74, 6) is -0.598. The van der Waals surface area contributed by atoms with Gasteiger partial charge in [-0.15, -0.1) is 0 Å². The topological polar surface area (TPSA) is 107 Å². The summed E-state index contributed by atoms with van der Waals surface area (Å²) in [7, 11) is -6.77. The molecule has 0 aliphatic carbocycles. The van der Waals surface area contributed by atoms with Gasteiger partial charge in [0.25, 0.3) is 0 Å². The summed E-state index contributed by atoms with van der Waals surface area (Å²) in [4.78, 5) is 11.5. The van der Waals surface area contributed by atoms with Crippen LogP contribution < -0.4 is 4.72 Å². The number of hydrogen-bond donors (Lipinski definition) is 1. The molecule has 1 heterocycles. The van der Waals surface area contributed by atoms with Crippen LogP contribution in [-0.2, 0) is 24.6 Å². The van der Waals surface area contributed by atoms with Crippen LogP contribution in [0.3, 0.4) is 0 Å². The standard InChI is InChI=1S/C14H19NO6S2/c1-2-21-14(16)12-3-5-13(6-4-12)23(19,20)15-9-11-7-8-22(17,18)10-11/h3-6,11,15H,2,7-10H2,1H3/t11-/m1/s1. The lowest BCUT2D eigenvalue weighted by Crippen LogP contribution is -2.30. The molecular formula is C14H19NO6S2. The van der Waals surface area contributed by atoms with E-state index in [-0.39, 0.29) is 41.0 Å². The highest BCUT2D eigenvalue weighted by Gasteiger charge is 2.29. The summed E-state index contributed by atoms with van der Waals surface area (Å²) < 4.78 is 54.3. The zero-order valence-electron chi connectivity index (χ0n) is 12.7. The van der Waals surface area contributed by atoms with Gasteiger partial charge in [-0.3, -0.25) is 0 Å². The highest BCUT2D eigenvalue weighted by Crippen LogP contribution is 2.18. The van der Waals surface area contributed by atoms with Gasteiger partial charge in [-0.05, 0) is 43.5 Å². The van der Waals surface area contributed by atoms with Crippen molar-refractivity contribution in [2.45, 2.75) is 18.2 Å². The van der Waals surface area contributed by atoms with E-state index >= 15 is 0 Å². The third-order valence-corrected chi connectivity index (χ3v) is 6.84. The summed E-state index contributed by atoms with van der Waals surface area (Å²) in [6.45, 7) is 2.01. The molecule has 0 amide bonds. The van der Waals surface area contributed by atoms with E-state index in [0.29, 0.717) is 6.42 Å². The second-order valence-corrected chi connectivity index (χ2v) is 9.36. The number of ether oxygens (including phenoxy) is 1. The predicted octanol–water partition coefficient (Wildman–Crippen LogP) is 0.576. The van der Waals surface area contributed by atoms with Gasteiger partial charge >= 0.3 is 5.97 Å². The molecule has 0 spiro atoms. The van der Waals surface area contributed by atoms with E-state index in [1.54, 1.807) is 6.92 Å². The van der Waals surface area contributed by atoms with Crippen LogP contribution in [0.1, 0.15) is 23.7 Å². The van der Waals surface area contributed by atoms with Gasteiger partial charge in [-0.2, -0.15) is 0 Å². The largest absolute Gasteiger partial charge is 0.462 e. The molecule has 1 fully saturated rings. The first kappa shape index (κ1) is 17.9. The van der Waals surface area contributed by atoms with Gasteiger partial charge in [-0.25, -0.2) is 26.4 Å². The van der Waals surface area contributed by atoms with Gasteiger partial charge < -0.3 is 4.74 Å². The molecule has 1 atom stereocenters. The molecule has 2 rings (SSSR count). The maximum atomic E-state index is 12.2. The Hall–Kier alpha value is -1.45. The smallest absolute Gasteiger partial charge is 0.338 e. The Balaban J connectivity index is 2.01. The van der Waals surface area contributed by atoms with Crippen molar-refractivity contribution in [2.75, 3.05) is 24.7 Å². The Bertz CT molecular complexity index is 768. The van der Waals surface area contributed by atoms with Crippen LogP contribution in [0.2, 0.25) is 0 Å². The summed E-state index contributed by atoms with van der Waals surface area (Å²) in [5, 5.41) is 0. The Kier molecular flexibility index (Phi) is 5.43. The molecule has 0 unspecified atom stereocenters. The van der Waals surface area contributed by atoms with Crippen LogP contribution in [0.25, 0.3) is 0 Å². The molecule has 0 radical (unpaired) electrons. The fourth-order valence-electron chi connectivity index (χ4n) is 2.33. The van der Waals surface area contributed by atoms with Crippen molar-refractivity contribution in [1.29, 1.82) is 0 Å². The van der Waals surface area contributed by atoms with E-state index < -0.39 is 25.8 Å². The third-order valence-electron chi connectivity index (χ3n) is 3.56. The molecule has 1 aliphatic heterocycles. The normalized spacial score (nSPS) is 20.3. The van der Waals surface area contributed by atoms with E-state index in [9.17, 15) is 21.6 Å². The Labute approximate surface area is 136 Å². The molecule has 0 saturated carbocycles. The molecule has 1 aromatic carbocycles.